The van der Waals surface area contributed by atoms with Crippen LogP contribution < -0.4 is 10.6 Å². The number of hydrogen-bond acceptors (Lipinski definition) is 3. The lowest BCUT2D eigenvalue weighted by molar-refractivity contribution is -0.148. The van der Waals surface area contributed by atoms with Crippen LogP contribution in [0.15, 0.2) is 30.3 Å². The Morgan fingerprint density at radius 1 is 1.13 bits per heavy atom. The fourth-order valence-corrected chi connectivity index (χ4v) is 4.31. The van der Waals surface area contributed by atoms with Crippen molar-refractivity contribution in [2.45, 2.75) is 44.1 Å². The van der Waals surface area contributed by atoms with Gasteiger partial charge < -0.3 is 10.4 Å². The van der Waals surface area contributed by atoms with Crippen LogP contribution in [0.2, 0.25) is 0 Å². The van der Waals surface area contributed by atoms with Gasteiger partial charge in [0, 0.05) is 0 Å². The molecule has 23 heavy (non-hydrogen) atoms. The second-order valence-corrected chi connectivity index (χ2v) is 7.03. The molecule has 2 aliphatic rings. The molecule has 3 N–H and O–H groups in total. The van der Waals surface area contributed by atoms with Gasteiger partial charge in [0.25, 0.3) is 0 Å². The van der Waals surface area contributed by atoms with Crippen LogP contribution in [-0.4, -0.2) is 30.7 Å². The summed E-state index contributed by atoms with van der Waals surface area (Å²) in [6.45, 7) is 2.88. The fourth-order valence-electron chi connectivity index (χ4n) is 4.31. The highest BCUT2D eigenvalue weighted by Crippen LogP contribution is 2.41. The van der Waals surface area contributed by atoms with Crippen LogP contribution in [0.5, 0.6) is 0 Å². The van der Waals surface area contributed by atoms with Crippen molar-refractivity contribution < 1.29 is 9.90 Å². The quantitative estimate of drug-likeness (QED) is 0.755. The van der Waals surface area contributed by atoms with Crippen molar-refractivity contribution in [1.82, 2.24) is 10.6 Å². The molecule has 2 fully saturated rings. The SMILES string of the molecule is O=C(O)C(NCC1CCNCC1)(c1ccccc1)C1CCCC1. The number of carboxylic acid groups (broad SMARTS) is 1. The molecule has 1 heterocycles. The second-order valence-electron chi connectivity index (χ2n) is 7.03. The van der Waals surface area contributed by atoms with E-state index >= 15 is 0 Å². The molecule has 1 aliphatic carbocycles. The average Bonchev–Trinajstić information content (AvgIpc) is 3.12. The highest BCUT2D eigenvalue weighted by atomic mass is 16.4. The second kappa shape index (κ2) is 7.45. The summed E-state index contributed by atoms with van der Waals surface area (Å²) in [4.78, 5) is 12.4. The van der Waals surface area contributed by atoms with Gasteiger partial charge in [-0.2, -0.15) is 0 Å². The molecule has 126 valence electrons. The number of benzene rings is 1. The van der Waals surface area contributed by atoms with Crippen LogP contribution >= 0.6 is 0 Å². The first-order valence-corrected chi connectivity index (χ1v) is 8.98. The van der Waals surface area contributed by atoms with E-state index in [9.17, 15) is 9.90 Å². The maximum Gasteiger partial charge on any atom is 0.328 e. The molecule has 0 amide bonds. The van der Waals surface area contributed by atoms with Crippen molar-refractivity contribution in [3.63, 3.8) is 0 Å². The molecule has 4 nitrogen and oxygen atoms in total. The van der Waals surface area contributed by atoms with Crippen molar-refractivity contribution in [2.75, 3.05) is 19.6 Å². The Morgan fingerprint density at radius 3 is 2.39 bits per heavy atom. The lowest BCUT2D eigenvalue weighted by Crippen LogP contribution is -2.55. The number of carbonyl (C=O) groups is 1. The molecule has 1 saturated heterocycles. The molecule has 1 aromatic carbocycles. The fraction of sp³-hybridized carbons (Fsp3) is 0.632. The van der Waals surface area contributed by atoms with Crippen molar-refractivity contribution in [3.8, 4) is 0 Å². The van der Waals surface area contributed by atoms with Crippen molar-refractivity contribution in [2.24, 2.45) is 11.8 Å². The predicted molar refractivity (Wildman–Crippen MR) is 91.3 cm³/mol. The Labute approximate surface area is 138 Å². The van der Waals surface area contributed by atoms with Gasteiger partial charge in [0.15, 0.2) is 0 Å². The molecule has 3 rings (SSSR count). The molecule has 0 radical (unpaired) electrons. The number of aliphatic carboxylic acids is 1. The Hall–Kier alpha value is -1.39. The van der Waals surface area contributed by atoms with Crippen LogP contribution in [-0.2, 0) is 10.3 Å². The third-order valence-electron chi connectivity index (χ3n) is 5.66. The van der Waals surface area contributed by atoms with E-state index in [2.05, 4.69) is 10.6 Å². The van der Waals surface area contributed by atoms with Crippen LogP contribution in [0.4, 0.5) is 0 Å². The highest BCUT2D eigenvalue weighted by molar-refractivity contribution is 5.81. The molecule has 1 aliphatic heterocycles. The van der Waals surface area contributed by atoms with Crippen molar-refractivity contribution >= 4 is 5.97 Å². The van der Waals surface area contributed by atoms with Gasteiger partial charge in [-0.25, -0.2) is 4.79 Å². The summed E-state index contributed by atoms with van der Waals surface area (Å²) in [5.74, 6) is 0.0359. The Bertz CT molecular complexity index is 507. The summed E-state index contributed by atoms with van der Waals surface area (Å²) in [6, 6.07) is 9.81. The minimum Gasteiger partial charge on any atom is -0.480 e. The third-order valence-corrected chi connectivity index (χ3v) is 5.66. The van der Waals surface area contributed by atoms with E-state index in [0.29, 0.717) is 5.92 Å². The van der Waals surface area contributed by atoms with E-state index in [1.807, 2.05) is 30.3 Å². The monoisotopic (exact) mass is 316 g/mol. The van der Waals surface area contributed by atoms with E-state index in [4.69, 9.17) is 0 Å². The first-order valence-electron chi connectivity index (χ1n) is 8.98. The third kappa shape index (κ3) is 3.43. The number of carboxylic acids is 1. The van der Waals surface area contributed by atoms with Crippen LogP contribution in [0.25, 0.3) is 0 Å². The molecule has 4 heteroatoms. The Balaban J connectivity index is 1.86. The van der Waals surface area contributed by atoms with E-state index < -0.39 is 11.5 Å². The lowest BCUT2D eigenvalue weighted by Gasteiger charge is -2.38. The lowest BCUT2D eigenvalue weighted by atomic mass is 9.76. The van der Waals surface area contributed by atoms with Gasteiger partial charge in [-0.15, -0.1) is 0 Å². The number of hydrogen-bond donors (Lipinski definition) is 3. The van der Waals surface area contributed by atoms with E-state index in [0.717, 1.165) is 63.7 Å². The first-order chi connectivity index (χ1) is 11.2. The molecule has 0 aromatic heterocycles. The normalized spacial score (nSPS) is 22.8. The van der Waals surface area contributed by atoms with Gasteiger partial charge in [0.05, 0.1) is 0 Å². The average molecular weight is 316 g/mol. The number of rotatable bonds is 6. The zero-order valence-electron chi connectivity index (χ0n) is 13.8. The molecule has 1 atom stereocenters. The smallest absolute Gasteiger partial charge is 0.328 e. The molecular weight excluding hydrogens is 288 g/mol. The van der Waals surface area contributed by atoms with Gasteiger partial charge in [-0.3, -0.25) is 5.32 Å². The molecule has 1 unspecified atom stereocenters. The number of piperidine rings is 1. The molecular formula is C19H28N2O2. The summed E-state index contributed by atoms with van der Waals surface area (Å²) in [7, 11) is 0. The van der Waals surface area contributed by atoms with Crippen LogP contribution in [0, 0.1) is 11.8 Å². The van der Waals surface area contributed by atoms with E-state index in [1.165, 1.54) is 0 Å². The minimum atomic E-state index is -0.928. The van der Waals surface area contributed by atoms with Gasteiger partial charge in [0.2, 0.25) is 0 Å². The largest absolute Gasteiger partial charge is 0.480 e. The van der Waals surface area contributed by atoms with Crippen LogP contribution in [0.3, 0.4) is 0 Å². The van der Waals surface area contributed by atoms with Crippen molar-refractivity contribution in [3.05, 3.63) is 35.9 Å². The molecule has 0 bridgehead atoms. The minimum absolute atomic E-state index is 0.184. The zero-order valence-corrected chi connectivity index (χ0v) is 13.8. The predicted octanol–water partition coefficient (Wildman–Crippen LogP) is 2.75. The first kappa shape index (κ1) is 16.5. The number of nitrogens with one attached hydrogen (secondary N) is 2. The highest BCUT2D eigenvalue weighted by Gasteiger charge is 2.48. The van der Waals surface area contributed by atoms with Gasteiger partial charge in [0.1, 0.15) is 5.54 Å². The standard InChI is InChI=1S/C19H28N2O2/c22-18(23)19(17-8-4-5-9-17,16-6-2-1-3-7-16)21-14-15-10-12-20-13-11-15/h1-3,6-7,15,17,20-21H,4-5,8-14H2,(H,22,23). The summed E-state index contributed by atoms with van der Waals surface area (Å²) < 4.78 is 0. The van der Waals surface area contributed by atoms with Crippen LogP contribution in [0.1, 0.15) is 44.1 Å². The topological polar surface area (TPSA) is 61.4 Å². The van der Waals surface area contributed by atoms with Gasteiger partial charge >= 0.3 is 5.97 Å². The summed E-state index contributed by atoms with van der Waals surface area (Å²) in [5.41, 5.74) is -0.0174. The maximum absolute atomic E-state index is 12.4. The molecule has 1 aromatic rings. The summed E-state index contributed by atoms with van der Waals surface area (Å²) in [5, 5.41) is 17.1. The summed E-state index contributed by atoms with van der Waals surface area (Å²) >= 11 is 0. The van der Waals surface area contributed by atoms with E-state index in [1.54, 1.807) is 0 Å². The summed E-state index contributed by atoms with van der Waals surface area (Å²) in [6.07, 6.45) is 6.54. The Morgan fingerprint density at radius 2 is 1.78 bits per heavy atom. The van der Waals surface area contributed by atoms with Gasteiger partial charge in [-0.1, -0.05) is 43.2 Å². The Kier molecular flexibility index (Phi) is 5.34. The maximum atomic E-state index is 12.4. The zero-order chi connectivity index (χ0) is 16.1. The van der Waals surface area contributed by atoms with E-state index in [-0.39, 0.29) is 5.92 Å². The molecule has 1 saturated carbocycles. The molecule has 0 spiro atoms. The van der Waals surface area contributed by atoms with Gasteiger partial charge in [-0.05, 0) is 62.7 Å². The van der Waals surface area contributed by atoms with Crippen molar-refractivity contribution in [1.29, 1.82) is 0 Å².